The summed E-state index contributed by atoms with van der Waals surface area (Å²) in [5, 5.41) is 28.6. The van der Waals surface area contributed by atoms with Crippen LogP contribution in [-0.2, 0) is 9.53 Å². The van der Waals surface area contributed by atoms with Gasteiger partial charge in [-0.3, -0.25) is 4.79 Å². The molecule has 1 aliphatic heterocycles. The standard InChI is InChI=1S/C21H26O7/c1-14-7-8-16(23)6-4-2-3-5-15-9-18(27-13-17(24)11-22)10-19(25)20(15)21(26)28-12-14/h3,5,7,9-10,17,22,24-25H,2,4,6,8,11-13H2,1H3. The number of fused-ring (bicyclic) bond motifs is 1. The molecular weight excluding hydrogens is 364 g/mol. The molecule has 0 fully saturated rings. The fourth-order valence-corrected chi connectivity index (χ4v) is 2.63. The molecule has 1 aromatic carbocycles. The number of allylic oxidation sites excluding steroid dienone is 2. The van der Waals surface area contributed by atoms with Crippen LogP contribution in [0.5, 0.6) is 11.5 Å². The predicted molar refractivity (Wildman–Crippen MR) is 103 cm³/mol. The van der Waals surface area contributed by atoms with Crippen LogP contribution in [0.15, 0.2) is 29.9 Å². The maximum absolute atomic E-state index is 12.5. The molecule has 0 saturated carbocycles. The van der Waals surface area contributed by atoms with Gasteiger partial charge in [-0.1, -0.05) is 18.2 Å². The summed E-state index contributed by atoms with van der Waals surface area (Å²) in [6, 6.07) is 2.82. The van der Waals surface area contributed by atoms with Crippen molar-refractivity contribution in [3.63, 3.8) is 0 Å². The molecule has 7 heteroatoms. The van der Waals surface area contributed by atoms with Gasteiger partial charge in [0.2, 0.25) is 0 Å². The minimum absolute atomic E-state index is 0.0206. The third kappa shape index (κ3) is 6.51. The Morgan fingerprint density at radius 3 is 2.82 bits per heavy atom. The number of aliphatic hydroxyl groups excluding tert-OH is 2. The second-order valence-electron chi connectivity index (χ2n) is 6.72. The van der Waals surface area contributed by atoms with E-state index in [0.29, 0.717) is 31.2 Å². The molecule has 1 atom stereocenters. The number of hydrogen-bond acceptors (Lipinski definition) is 7. The van der Waals surface area contributed by atoms with E-state index in [9.17, 15) is 19.8 Å². The van der Waals surface area contributed by atoms with E-state index in [1.165, 1.54) is 6.07 Å². The SMILES string of the molecule is CC1=CCC(=O)CCCC=Cc2cc(OCC(O)CO)cc(O)c2C(=O)OC1. The Balaban J connectivity index is 2.31. The van der Waals surface area contributed by atoms with Crippen LogP contribution in [0.3, 0.4) is 0 Å². The number of carbonyl (C=O) groups is 2. The van der Waals surface area contributed by atoms with Crippen molar-refractivity contribution < 1.29 is 34.4 Å². The van der Waals surface area contributed by atoms with Gasteiger partial charge in [-0.25, -0.2) is 4.79 Å². The molecule has 0 aromatic heterocycles. The first-order valence-electron chi connectivity index (χ1n) is 9.20. The maximum atomic E-state index is 12.5. The van der Waals surface area contributed by atoms with Crippen LogP contribution in [0.4, 0.5) is 0 Å². The summed E-state index contributed by atoms with van der Waals surface area (Å²) in [6.45, 7) is 1.19. The Labute approximate surface area is 163 Å². The van der Waals surface area contributed by atoms with E-state index >= 15 is 0 Å². The second-order valence-corrected chi connectivity index (χ2v) is 6.72. The van der Waals surface area contributed by atoms with Crippen molar-refractivity contribution in [2.75, 3.05) is 19.8 Å². The molecule has 152 valence electrons. The first kappa shape index (κ1) is 21.7. The highest BCUT2D eigenvalue weighted by atomic mass is 16.5. The minimum Gasteiger partial charge on any atom is -0.507 e. The Hall–Kier alpha value is -2.64. The Morgan fingerprint density at radius 1 is 1.29 bits per heavy atom. The lowest BCUT2D eigenvalue weighted by Crippen LogP contribution is -2.21. The maximum Gasteiger partial charge on any atom is 0.342 e. The third-order valence-electron chi connectivity index (χ3n) is 4.21. The molecule has 1 unspecified atom stereocenters. The highest BCUT2D eigenvalue weighted by Gasteiger charge is 2.19. The summed E-state index contributed by atoms with van der Waals surface area (Å²) in [5.74, 6) is -0.611. The summed E-state index contributed by atoms with van der Waals surface area (Å²) in [7, 11) is 0. The number of benzene rings is 1. The third-order valence-corrected chi connectivity index (χ3v) is 4.21. The average Bonchev–Trinajstić information content (AvgIpc) is 2.67. The monoisotopic (exact) mass is 390 g/mol. The number of esters is 1. The molecule has 1 aliphatic rings. The number of hydrogen-bond donors (Lipinski definition) is 3. The Bertz CT molecular complexity index is 764. The summed E-state index contributed by atoms with van der Waals surface area (Å²) in [4.78, 5) is 24.3. The number of cyclic esters (lactones) is 1. The van der Waals surface area contributed by atoms with Crippen LogP contribution in [0.1, 0.15) is 48.5 Å². The minimum atomic E-state index is -1.05. The molecule has 28 heavy (non-hydrogen) atoms. The molecule has 3 N–H and O–H groups in total. The summed E-state index contributed by atoms with van der Waals surface area (Å²) < 4.78 is 10.6. The number of rotatable bonds is 4. The zero-order valence-electron chi connectivity index (χ0n) is 15.9. The molecule has 1 aromatic rings. The molecule has 0 aliphatic carbocycles. The van der Waals surface area contributed by atoms with Gasteiger partial charge in [0.1, 0.15) is 42.2 Å². The molecule has 0 spiro atoms. The van der Waals surface area contributed by atoms with Crippen molar-refractivity contribution in [1.82, 2.24) is 0 Å². The number of aliphatic hydroxyl groups is 2. The quantitative estimate of drug-likeness (QED) is 0.534. The Kier molecular flexibility index (Phi) is 8.22. The first-order valence-corrected chi connectivity index (χ1v) is 9.20. The van der Waals surface area contributed by atoms with Crippen molar-refractivity contribution in [1.29, 1.82) is 0 Å². The molecule has 7 nitrogen and oxygen atoms in total. The van der Waals surface area contributed by atoms with Gasteiger partial charge in [-0.05, 0) is 37.0 Å². The Morgan fingerprint density at radius 2 is 2.07 bits per heavy atom. The zero-order chi connectivity index (χ0) is 20.5. The number of phenolic OH excluding ortho intramolecular Hbond substituents is 1. The summed E-state index contributed by atoms with van der Waals surface area (Å²) in [5.41, 5.74) is 1.18. The van der Waals surface area contributed by atoms with Gasteiger partial charge >= 0.3 is 5.97 Å². The fraction of sp³-hybridized carbons (Fsp3) is 0.429. The lowest BCUT2D eigenvalue weighted by Gasteiger charge is -2.14. The van der Waals surface area contributed by atoms with Gasteiger partial charge in [0.25, 0.3) is 0 Å². The van der Waals surface area contributed by atoms with Crippen molar-refractivity contribution in [2.45, 2.75) is 38.7 Å². The molecule has 0 radical (unpaired) electrons. The highest BCUT2D eigenvalue weighted by molar-refractivity contribution is 5.97. The van der Waals surface area contributed by atoms with Gasteiger partial charge in [0.15, 0.2) is 0 Å². The summed E-state index contributed by atoms with van der Waals surface area (Å²) >= 11 is 0. The van der Waals surface area contributed by atoms with Crippen molar-refractivity contribution in [3.05, 3.63) is 41.0 Å². The van der Waals surface area contributed by atoms with Crippen molar-refractivity contribution >= 4 is 17.8 Å². The van der Waals surface area contributed by atoms with Crippen molar-refractivity contribution in [3.8, 4) is 11.5 Å². The number of Topliss-reactive ketones (excluding diaryl/α,β-unsaturated/α-hetero) is 1. The topological polar surface area (TPSA) is 113 Å². The number of carbonyl (C=O) groups excluding carboxylic acids is 2. The average molecular weight is 390 g/mol. The van der Waals surface area contributed by atoms with E-state index in [0.717, 1.165) is 5.57 Å². The lowest BCUT2D eigenvalue weighted by molar-refractivity contribution is -0.118. The van der Waals surface area contributed by atoms with Gasteiger partial charge in [-0.2, -0.15) is 0 Å². The molecular formula is C21H26O7. The van der Waals surface area contributed by atoms with E-state index < -0.39 is 18.7 Å². The number of aromatic hydroxyl groups is 1. The molecule has 0 saturated heterocycles. The van der Waals surface area contributed by atoms with Gasteiger partial charge in [0, 0.05) is 18.9 Å². The molecule has 1 heterocycles. The largest absolute Gasteiger partial charge is 0.507 e. The van der Waals surface area contributed by atoms with E-state index in [1.54, 1.807) is 25.1 Å². The first-order chi connectivity index (χ1) is 13.4. The smallest absolute Gasteiger partial charge is 0.342 e. The van der Waals surface area contributed by atoms with E-state index in [1.807, 2.05) is 6.08 Å². The van der Waals surface area contributed by atoms with Gasteiger partial charge in [-0.15, -0.1) is 0 Å². The van der Waals surface area contributed by atoms with Crippen molar-refractivity contribution in [2.24, 2.45) is 0 Å². The van der Waals surface area contributed by atoms with Gasteiger partial charge < -0.3 is 24.8 Å². The van der Waals surface area contributed by atoms with Crippen LogP contribution < -0.4 is 4.74 Å². The van der Waals surface area contributed by atoms with Crippen LogP contribution in [0.2, 0.25) is 0 Å². The predicted octanol–water partition coefficient (Wildman–Crippen LogP) is 2.38. The lowest BCUT2D eigenvalue weighted by atomic mass is 10.0. The fourth-order valence-electron chi connectivity index (χ4n) is 2.63. The zero-order valence-corrected chi connectivity index (χ0v) is 15.9. The van der Waals surface area contributed by atoms with Crippen LogP contribution in [0.25, 0.3) is 6.08 Å². The summed E-state index contributed by atoms with van der Waals surface area (Å²) in [6.07, 6.45) is 6.29. The molecule has 0 bridgehead atoms. The van der Waals surface area contributed by atoms with Gasteiger partial charge in [0.05, 0.1) is 6.61 Å². The van der Waals surface area contributed by atoms with Crippen LogP contribution in [0, 0.1) is 0 Å². The van der Waals surface area contributed by atoms with E-state index in [4.69, 9.17) is 14.6 Å². The van der Waals surface area contributed by atoms with E-state index in [-0.39, 0.29) is 36.1 Å². The molecule has 0 amide bonds. The second kappa shape index (κ2) is 10.6. The normalized spacial score (nSPS) is 17.2. The number of phenols is 1. The molecule has 2 rings (SSSR count). The van der Waals surface area contributed by atoms with Crippen LogP contribution in [-0.4, -0.2) is 53.0 Å². The van der Waals surface area contributed by atoms with E-state index in [2.05, 4.69) is 0 Å². The number of ketones is 1. The highest BCUT2D eigenvalue weighted by Crippen LogP contribution is 2.30. The number of ether oxygens (including phenoxy) is 2. The van der Waals surface area contributed by atoms with Crippen LogP contribution >= 0.6 is 0 Å².